The van der Waals surface area contributed by atoms with Gasteiger partial charge in [0.1, 0.15) is 0 Å². The average molecular weight is 415 g/mol. The first kappa shape index (κ1) is 20.9. The van der Waals surface area contributed by atoms with Gasteiger partial charge in [0, 0.05) is 26.3 Å². The second-order valence-electron chi connectivity index (χ2n) is 8.42. The van der Waals surface area contributed by atoms with Crippen LogP contribution in [0.1, 0.15) is 31.2 Å². The highest BCUT2D eigenvalue weighted by Gasteiger charge is 2.43. The van der Waals surface area contributed by atoms with Gasteiger partial charge in [0.05, 0.1) is 11.5 Å². The topological polar surface area (TPSA) is 49.8 Å². The Hall–Kier alpha value is -2.31. The number of amides is 1. The van der Waals surface area contributed by atoms with E-state index in [9.17, 15) is 18.7 Å². The van der Waals surface area contributed by atoms with Crippen LogP contribution in [-0.4, -0.2) is 48.3 Å². The fraction of sp³-hybridized carbons (Fsp3) is 0.458. The maximum atomic E-state index is 13.7. The van der Waals surface area contributed by atoms with E-state index >= 15 is 0 Å². The molecule has 0 saturated carbocycles. The molecule has 4 rings (SSSR count). The summed E-state index contributed by atoms with van der Waals surface area (Å²) in [4.78, 5) is 15.4. The molecule has 0 spiro atoms. The first-order chi connectivity index (χ1) is 14.5. The zero-order valence-corrected chi connectivity index (χ0v) is 16.9. The van der Waals surface area contributed by atoms with Crippen LogP contribution < -0.4 is 0 Å². The van der Waals surface area contributed by atoms with Crippen LogP contribution in [0.4, 0.5) is 8.78 Å². The number of ether oxygens (including phenoxy) is 1. The van der Waals surface area contributed by atoms with E-state index < -0.39 is 17.0 Å². The fourth-order valence-corrected chi connectivity index (χ4v) is 4.56. The Morgan fingerprint density at radius 2 is 1.73 bits per heavy atom. The summed E-state index contributed by atoms with van der Waals surface area (Å²) >= 11 is 0. The van der Waals surface area contributed by atoms with Crippen LogP contribution in [0.25, 0.3) is 11.1 Å². The van der Waals surface area contributed by atoms with E-state index in [4.69, 9.17) is 4.74 Å². The van der Waals surface area contributed by atoms with Crippen LogP contribution in [0.5, 0.6) is 0 Å². The summed E-state index contributed by atoms with van der Waals surface area (Å²) in [5, 5.41) is 9.79. The third-order valence-electron chi connectivity index (χ3n) is 6.38. The summed E-state index contributed by atoms with van der Waals surface area (Å²) in [6.45, 7) is 2.26. The zero-order valence-electron chi connectivity index (χ0n) is 16.9. The van der Waals surface area contributed by atoms with Gasteiger partial charge in [-0.05, 0) is 60.9 Å². The molecule has 1 amide bonds. The van der Waals surface area contributed by atoms with Gasteiger partial charge in [-0.3, -0.25) is 4.79 Å². The molecule has 2 aromatic rings. The Bertz CT molecular complexity index is 903. The smallest absolute Gasteiger partial charge is 0.229 e. The maximum Gasteiger partial charge on any atom is 0.229 e. The summed E-state index contributed by atoms with van der Waals surface area (Å²) in [5.41, 5.74) is 1.85. The number of piperidine rings is 1. The number of benzene rings is 2. The van der Waals surface area contributed by atoms with Gasteiger partial charge in [0.25, 0.3) is 0 Å². The van der Waals surface area contributed by atoms with Gasteiger partial charge >= 0.3 is 0 Å². The Labute approximate surface area is 175 Å². The predicted octanol–water partition coefficient (Wildman–Crippen LogP) is 3.95. The molecule has 4 nitrogen and oxygen atoms in total. The van der Waals surface area contributed by atoms with E-state index in [1.165, 1.54) is 6.07 Å². The first-order valence-corrected chi connectivity index (χ1v) is 10.6. The molecule has 0 unspecified atom stereocenters. The molecule has 160 valence electrons. The molecule has 0 radical (unpaired) electrons. The molecule has 2 saturated heterocycles. The Kier molecular flexibility index (Phi) is 6.16. The molecule has 1 N–H and O–H groups in total. The lowest BCUT2D eigenvalue weighted by Gasteiger charge is -2.41. The van der Waals surface area contributed by atoms with Crippen LogP contribution in [0.15, 0.2) is 42.5 Å². The third-order valence-corrected chi connectivity index (χ3v) is 6.38. The highest BCUT2D eigenvalue weighted by molar-refractivity contribution is 5.83. The normalized spacial score (nSPS) is 19.6. The molecule has 2 fully saturated rings. The lowest BCUT2D eigenvalue weighted by atomic mass is 9.73. The molecule has 30 heavy (non-hydrogen) atoms. The van der Waals surface area contributed by atoms with Gasteiger partial charge in [-0.1, -0.05) is 30.3 Å². The van der Waals surface area contributed by atoms with Crippen molar-refractivity contribution in [2.24, 2.45) is 5.41 Å². The molecule has 0 aromatic heterocycles. The lowest BCUT2D eigenvalue weighted by Crippen LogP contribution is -2.51. The van der Waals surface area contributed by atoms with Crippen molar-refractivity contribution < 1.29 is 23.4 Å². The molecule has 2 aliphatic heterocycles. The van der Waals surface area contributed by atoms with Crippen LogP contribution >= 0.6 is 0 Å². The highest BCUT2D eigenvalue weighted by Crippen LogP contribution is 2.38. The maximum absolute atomic E-state index is 13.7. The summed E-state index contributed by atoms with van der Waals surface area (Å²) in [6, 6.07) is 11.6. The van der Waals surface area contributed by atoms with Gasteiger partial charge < -0.3 is 14.7 Å². The van der Waals surface area contributed by atoms with Crippen molar-refractivity contribution in [2.45, 2.75) is 38.2 Å². The monoisotopic (exact) mass is 415 g/mol. The fourth-order valence-electron chi connectivity index (χ4n) is 4.56. The van der Waals surface area contributed by atoms with Gasteiger partial charge in [0.15, 0.2) is 11.6 Å². The van der Waals surface area contributed by atoms with Crippen molar-refractivity contribution in [1.82, 2.24) is 4.90 Å². The molecule has 2 aromatic carbocycles. The van der Waals surface area contributed by atoms with E-state index in [0.29, 0.717) is 64.0 Å². The summed E-state index contributed by atoms with van der Waals surface area (Å²) in [6.07, 6.45) is 2.78. The molecule has 0 atom stereocenters. The number of hydrogen-bond acceptors (Lipinski definition) is 3. The summed E-state index contributed by atoms with van der Waals surface area (Å²) < 4.78 is 32.5. The molecular formula is C24H27F2NO3. The van der Waals surface area contributed by atoms with Gasteiger partial charge in [-0.15, -0.1) is 0 Å². The molecular weight excluding hydrogens is 388 g/mol. The standard InChI is InChI=1S/C24H27F2NO3/c25-21-5-4-19(15-22(21)26)18-3-1-2-17(14-18)16-24(8-12-30-13-9-24)23(29)27-10-6-20(28)7-11-27/h1-5,14-15,20,28H,6-13,16H2. The number of carbonyl (C=O) groups is 1. The van der Waals surface area contributed by atoms with E-state index in [1.54, 1.807) is 6.07 Å². The summed E-state index contributed by atoms with van der Waals surface area (Å²) in [5.74, 6) is -1.61. The van der Waals surface area contributed by atoms with Gasteiger partial charge in [0.2, 0.25) is 5.91 Å². The number of halogens is 2. The minimum absolute atomic E-state index is 0.135. The third kappa shape index (κ3) is 4.40. The Morgan fingerprint density at radius 1 is 1.03 bits per heavy atom. The molecule has 6 heteroatoms. The van der Waals surface area contributed by atoms with Gasteiger partial charge in [-0.25, -0.2) is 8.78 Å². The van der Waals surface area contributed by atoms with Crippen LogP contribution in [0.3, 0.4) is 0 Å². The highest BCUT2D eigenvalue weighted by atomic mass is 19.2. The van der Waals surface area contributed by atoms with Crippen molar-refractivity contribution in [3.05, 3.63) is 59.7 Å². The predicted molar refractivity (Wildman–Crippen MR) is 110 cm³/mol. The molecule has 0 bridgehead atoms. The van der Waals surface area contributed by atoms with Crippen molar-refractivity contribution in [3.8, 4) is 11.1 Å². The zero-order chi connectivity index (χ0) is 21.1. The van der Waals surface area contributed by atoms with E-state index in [-0.39, 0.29) is 12.0 Å². The van der Waals surface area contributed by atoms with Crippen molar-refractivity contribution in [1.29, 1.82) is 0 Å². The number of rotatable bonds is 4. The van der Waals surface area contributed by atoms with Gasteiger partial charge in [-0.2, -0.15) is 0 Å². The van der Waals surface area contributed by atoms with Crippen LogP contribution in [0.2, 0.25) is 0 Å². The second-order valence-corrected chi connectivity index (χ2v) is 8.42. The van der Waals surface area contributed by atoms with E-state index in [0.717, 1.165) is 17.2 Å². The summed E-state index contributed by atoms with van der Waals surface area (Å²) in [7, 11) is 0. The number of hydrogen-bond donors (Lipinski definition) is 1. The second kappa shape index (κ2) is 8.82. The van der Waals surface area contributed by atoms with E-state index in [1.807, 2.05) is 29.2 Å². The van der Waals surface area contributed by atoms with E-state index in [2.05, 4.69) is 0 Å². The lowest BCUT2D eigenvalue weighted by molar-refractivity contribution is -0.150. The SMILES string of the molecule is O=C(N1CCC(O)CC1)C1(Cc2cccc(-c3ccc(F)c(F)c3)c2)CCOCC1. The molecule has 2 aliphatic rings. The minimum Gasteiger partial charge on any atom is -0.393 e. The number of carbonyl (C=O) groups excluding carboxylic acids is 1. The number of aliphatic hydroxyl groups excluding tert-OH is 1. The van der Waals surface area contributed by atoms with Crippen LogP contribution in [-0.2, 0) is 16.0 Å². The van der Waals surface area contributed by atoms with Crippen LogP contribution in [0, 0.1) is 17.0 Å². The number of likely N-dealkylation sites (tertiary alicyclic amines) is 1. The van der Waals surface area contributed by atoms with Crippen molar-refractivity contribution >= 4 is 5.91 Å². The average Bonchev–Trinajstić information content (AvgIpc) is 2.76. The number of nitrogens with zero attached hydrogens (tertiary/aromatic N) is 1. The Morgan fingerprint density at radius 3 is 2.43 bits per heavy atom. The van der Waals surface area contributed by atoms with Crippen molar-refractivity contribution in [3.63, 3.8) is 0 Å². The largest absolute Gasteiger partial charge is 0.393 e. The minimum atomic E-state index is -0.874. The van der Waals surface area contributed by atoms with Crippen molar-refractivity contribution in [2.75, 3.05) is 26.3 Å². The first-order valence-electron chi connectivity index (χ1n) is 10.6. The number of aliphatic hydroxyl groups is 1. The molecule has 2 heterocycles. The Balaban J connectivity index is 1.59. The quantitative estimate of drug-likeness (QED) is 0.823. The molecule has 0 aliphatic carbocycles.